The topological polar surface area (TPSA) is 35.5 Å². The quantitative estimate of drug-likeness (QED) is 0.198. The molecule has 0 radical (unpaired) electrons. The lowest BCUT2D eigenvalue weighted by atomic mass is 10.1. The highest BCUT2D eigenvalue weighted by atomic mass is 32.3. The van der Waals surface area contributed by atoms with E-state index in [2.05, 4.69) is 43.3 Å². The highest BCUT2D eigenvalue weighted by Crippen LogP contribution is 2.69. The van der Waals surface area contributed by atoms with Gasteiger partial charge in [0.1, 0.15) is 5.75 Å². The summed E-state index contributed by atoms with van der Waals surface area (Å²) in [6.07, 6.45) is 10.0. The Morgan fingerprint density at radius 3 is 1.69 bits per heavy atom. The zero-order valence-electron chi connectivity index (χ0n) is 21.3. The van der Waals surface area contributed by atoms with E-state index in [1.807, 2.05) is 55.5 Å². The maximum absolute atomic E-state index is 12.9. The van der Waals surface area contributed by atoms with Crippen LogP contribution in [0.15, 0.2) is 99.6 Å². The zero-order valence-corrected chi connectivity index (χ0v) is 22.1. The molecule has 4 heteroatoms. The van der Waals surface area contributed by atoms with E-state index in [4.69, 9.17) is 8.92 Å². The van der Waals surface area contributed by atoms with Gasteiger partial charge in [0.25, 0.3) is 0 Å². The van der Waals surface area contributed by atoms with Gasteiger partial charge in [0.2, 0.25) is 0 Å². The van der Waals surface area contributed by atoms with Gasteiger partial charge in [-0.3, -0.25) is 4.79 Å². The van der Waals surface area contributed by atoms with E-state index in [0.29, 0.717) is 6.42 Å². The maximum Gasteiger partial charge on any atom is 0.317 e. The van der Waals surface area contributed by atoms with Crippen molar-refractivity contribution >= 4 is 16.3 Å². The standard InChI is InChI=1S/C31H40O3S/c1-3-5-6-7-8-9-16-26-33-27-22-24-30(25-23-27)35(34-31(32)17-4-2,28-18-12-10-13-19-28)29-20-14-11-15-21-29/h10-15,18-25H,3-9,16-17,26H2,1-2H3. The summed E-state index contributed by atoms with van der Waals surface area (Å²) in [7, 11) is -2.22. The fraction of sp³-hybridized carbons (Fsp3) is 0.387. The lowest BCUT2D eigenvalue weighted by molar-refractivity contribution is -0.133. The number of carbonyl (C=O) groups excluding carboxylic acids is 1. The summed E-state index contributed by atoms with van der Waals surface area (Å²) in [5.74, 6) is 0.684. The molecule has 3 rings (SSSR count). The minimum absolute atomic E-state index is 0.172. The molecule has 3 aromatic rings. The second-order valence-electron chi connectivity index (χ2n) is 8.83. The van der Waals surface area contributed by atoms with Crippen molar-refractivity contribution in [3.05, 3.63) is 84.9 Å². The van der Waals surface area contributed by atoms with E-state index in [1.54, 1.807) is 0 Å². The van der Waals surface area contributed by atoms with Crippen molar-refractivity contribution in [1.82, 2.24) is 0 Å². The van der Waals surface area contributed by atoms with E-state index in [-0.39, 0.29) is 5.97 Å². The van der Waals surface area contributed by atoms with Crippen molar-refractivity contribution in [2.75, 3.05) is 6.61 Å². The first-order chi connectivity index (χ1) is 17.2. The number of ether oxygens (including phenoxy) is 1. The molecular formula is C31H40O3S. The monoisotopic (exact) mass is 492 g/mol. The van der Waals surface area contributed by atoms with Crippen molar-refractivity contribution in [1.29, 1.82) is 0 Å². The van der Waals surface area contributed by atoms with Crippen LogP contribution in [0.4, 0.5) is 0 Å². The smallest absolute Gasteiger partial charge is 0.317 e. The van der Waals surface area contributed by atoms with Crippen molar-refractivity contribution in [3.63, 3.8) is 0 Å². The Morgan fingerprint density at radius 1 is 0.629 bits per heavy atom. The second kappa shape index (κ2) is 14.6. The van der Waals surface area contributed by atoms with Crippen LogP contribution in [-0.2, 0) is 8.98 Å². The lowest BCUT2D eigenvalue weighted by Crippen LogP contribution is -2.13. The molecule has 0 amide bonds. The van der Waals surface area contributed by atoms with Gasteiger partial charge in [-0.25, -0.2) is 0 Å². The normalized spacial score (nSPS) is 11.7. The van der Waals surface area contributed by atoms with Crippen LogP contribution in [0.1, 0.15) is 71.6 Å². The van der Waals surface area contributed by atoms with Gasteiger partial charge in [0.15, 0.2) is 0 Å². The Bertz CT molecular complexity index is 947. The Labute approximate surface area is 213 Å². The number of hydrogen-bond donors (Lipinski definition) is 0. The Kier molecular flexibility index (Phi) is 11.2. The molecule has 0 bridgehead atoms. The van der Waals surface area contributed by atoms with E-state index < -0.39 is 10.3 Å². The average molecular weight is 493 g/mol. The molecule has 0 aliphatic heterocycles. The molecule has 35 heavy (non-hydrogen) atoms. The molecule has 0 aliphatic rings. The van der Waals surface area contributed by atoms with Crippen LogP contribution < -0.4 is 4.74 Å². The molecular weight excluding hydrogens is 452 g/mol. The molecule has 0 aliphatic carbocycles. The molecule has 0 saturated carbocycles. The van der Waals surface area contributed by atoms with Crippen molar-refractivity contribution < 1.29 is 13.7 Å². The van der Waals surface area contributed by atoms with E-state index in [9.17, 15) is 4.79 Å². The summed E-state index contributed by atoms with van der Waals surface area (Å²) < 4.78 is 12.5. The van der Waals surface area contributed by atoms with Crippen molar-refractivity contribution in [2.45, 2.75) is 86.3 Å². The van der Waals surface area contributed by atoms with E-state index in [1.165, 1.54) is 38.5 Å². The van der Waals surface area contributed by atoms with E-state index in [0.717, 1.165) is 39.9 Å². The van der Waals surface area contributed by atoms with Crippen LogP contribution in [0.5, 0.6) is 5.75 Å². The lowest BCUT2D eigenvalue weighted by Gasteiger charge is -2.39. The van der Waals surface area contributed by atoms with Gasteiger partial charge in [0.05, 0.1) is 6.61 Å². The Balaban J connectivity index is 1.81. The fourth-order valence-electron chi connectivity index (χ4n) is 4.14. The van der Waals surface area contributed by atoms with Gasteiger partial charge in [-0.2, -0.15) is 0 Å². The molecule has 0 saturated heterocycles. The largest absolute Gasteiger partial charge is 0.494 e. The average Bonchev–Trinajstić information content (AvgIpc) is 2.90. The highest BCUT2D eigenvalue weighted by Gasteiger charge is 2.35. The van der Waals surface area contributed by atoms with Crippen LogP contribution in [0.25, 0.3) is 0 Å². The third-order valence-corrected chi connectivity index (χ3v) is 9.24. The first-order valence-corrected chi connectivity index (χ1v) is 14.6. The molecule has 0 spiro atoms. The maximum atomic E-state index is 12.9. The van der Waals surface area contributed by atoms with Gasteiger partial charge >= 0.3 is 5.97 Å². The number of carbonyl (C=O) groups is 1. The molecule has 0 unspecified atom stereocenters. The highest BCUT2D eigenvalue weighted by molar-refractivity contribution is 8.30. The van der Waals surface area contributed by atoms with Crippen LogP contribution in [-0.4, -0.2) is 12.6 Å². The minimum atomic E-state index is -2.22. The fourth-order valence-corrected chi connectivity index (χ4v) is 7.21. The van der Waals surface area contributed by atoms with Crippen LogP contribution in [0.2, 0.25) is 0 Å². The first-order valence-electron chi connectivity index (χ1n) is 13.1. The third kappa shape index (κ3) is 7.63. The summed E-state index contributed by atoms with van der Waals surface area (Å²) in [6.45, 7) is 4.98. The summed E-state index contributed by atoms with van der Waals surface area (Å²) in [5.41, 5.74) is 0. The predicted molar refractivity (Wildman–Crippen MR) is 146 cm³/mol. The number of unbranched alkanes of at least 4 members (excludes halogenated alkanes) is 6. The Morgan fingerprint density at radius 2 is 1.14 bits per heavy atom. The molecule has 3 aromatic carbocycles. The zero-order chi connectivity index (χ0) is 24.8. The molecule has 188 valence electrons. The molecule has 0 atom stereocenters. The van der Waals surface area contributed by atoms with Crippen molar-refractivity contribution in [3.8, 4) is 5.75 Å². The molecule has 0 N–H and O–H groups in total. The minimum Gasteiger partial charge on any atom is -0.494 e. The summed E-state index contributed by atoms with van der Waals surface area (Å²) in [5, 5.41) is 0. The van der Waals surface area contributed by atoms with Gasteiger partial charge in [-0.05, 0) is 71.7 Å². The van der Waals surface area contributed by atoms with Crippen LogP contribution >= 0.6 is 10.3 Å². The molecule has 0 aromatic heterocycles. The van der Waals surface area contributed by atoms with Gasteiger partial charge in [0, 0.05) is 21.1 Å². The molecule has 0 fully saturated rings. The molecule has 3 nitrogen and oxygen atoms in total. The second-order valence-corrected chi connectivity index (χ2v) is 11.5. The predicted octanol–water partition coefficient (Wildman–Crippen LogP) is 9.36. The van der Waals surface area contributed by atoms with Gasteiger partial charge in [-0.1, -0.05) is 88.8 Å². The van der Waals surface area contributed by atoms with Gasteiger partial charge in [-0.15, -0.1) is 0 Å². The summed E-state index contributed by atoms with van der Waals surface area (Å²) in [4.78, 5) is 15.9. The number of rotatable bonds is 15. The third-order valence-electron chi connectivity index (χ3n) is 5.99. The summed E-state index contributed by atoms with van der Waals surface area (Å²) in [6, 6.07) is 28.4. The number of hydrogen-bond acceptors (Lipinski definition) is 3. The number of benzene rings is 3. The van der Waals surface area contributed by atoms with Crippen molar-refractivity contribution in [2.24, 2.45) is 0 Å². The Hall–Kier alpha value is -2.72. The van der Waals surface area contributed by atoms with Crippen LogP contribution in [0.3, 0.4) is 0 Å². The summed E-state index contributed by atoms with van der Waals surface area (Å²) >= 11 is 0. The molecule has 0 heterocycles. The van der Waals surface area contributed by atoms with E-state index >= 15 is 0 Å². The SMILES string of the molecule is CCCCCCCCCOc1ccc(S(OC(=O)CCC)(c2ccccc2)c2ccccc2)cc1. The first kappa shape index (κ1) is 26.9. The van der Waals surface area contributed by atoms with Gasteiger partial charge < -0.3 is 8.92 Å². The van der Waals surface area contributed by atoms with Crippen LogP contribution in [0, 0.1) is 0 Å².